The molecule has 0 bridgehead atoms. The fraction of sp³-hybridized carbons (Fsp3) is 0.529. The van der Waals surface area contributed by atoms with E-state index < -0.39 is 23.9 Å². The van der Waals surface area contributed by atoms with Gasteiger partial charge >= 0.3 is 5.97 Å². The molecule has 3 rings (SSSR count). The second-order valence-electron chi connectivity index (χ2n) is 6.12. The van der Waals surface area contributed by atoms with Crippen LogP contribution in [0.2, 0.25) is 0 Å². The van der Waals surface area contributed by atoms with Crippen molar-refractivity contribution in [2.45, 2.75) is 50.2 Å². The quantitative estimate of drug-likeness (QED) is 0.810. The van der Waals surface area contributed by atoms with E-state index in [9.17, 15) is 14.7 Å². The maximum Gasteiger partial charge on any atom is 0.338 e. The number of nitrogens with one attached hydrogen (secondary N) is 1. The summed E-state index contributed by atoms with van der Waals surface area (Å²) >= 11 is 1.12. The van der Waals surface area contributed by atoms with E-state index in [2.05, 4.69) is 5.32 Å². The fourth-order valence-corrected chi connectivity index (χ4v) is 3.96. The summed E-state index contributed by atoms with van der Waals surface area (Å²) in [6, 6.07) is 8.27. The Morgan fingerprint density at radius 1 is 1.46 bits per heavy atom. The molecule has 0 aliphatic carbocycles. The van der Waals surface area contributed by atoms with Crippen LogP contribution in [-0.2, 0) is 9.47 Å². The molecule has 1 amide bonds. The van der Waals surface area contributed by atoms with Crippen LogP contribution in [0.1, 0.15) is 36.5 Å². The van der Waals surface area contributed by atoms with Gasteiger partial charge in [-0.2, -0.15) is 0 Å². The van der Waals surface area contributed by atoms with E-state index >= 15 is 0 Å². The lowest BCUT2D eigenvalue weighted by Crippen LogP contribution is -2.58. The Morgan fingerprint density at radius 3 is 2.83 bits per heavy atom. The van der Waals surface area contributed by atoms with Crippen molar-refractivity contribution in [1.29, 1.82) is 0 Å². The van der Waals surface area contributed by atoms with Crippen LogP contribution in [0.5, 0.6) is 0 Å². The molecule has 24 heavy (non-hydrogen) atoms. The molecule has 0 aromatic heterocycles. The molecule has 2 fully saturated rings. The third-order valence-electron chi connectivity index (χ3n) is 4.37. The molecule has 0 saturated carbocycles. The molecular formula is C17H21NO5S. The van der Waals surface area contributed by atoms with E-state index in [1.807, 2.05) is 13.0 Å². The van der Waals surface area contributed by atoms with Gasteiger partial charge in [-0.05, 0) is 18.6 Å². The Labute approximate surface area is 144 Å². The predicted molar refractivity (Wildman–Crippen MR) is 89.8 cm³/mol. The van der Waals surface area contributed by atoms with E-state index in [1.165, 1.54) is 0 Å². The van der Waals surface area contributed by atoms with E-state index in [0.717, 1.165) is 11.8 Å². The Kier molecular flexibility index (Phi) is 5.12. The first-order valence-electron chi connectivity index (χ1n) is 8.09. The van der Waals surface area contributed by atoms with Gasteiger partial charge < -0.3 is 19.9 Å². The first-order valence-corrected chi connectivity index (χ1v) is 9.08. The van der Waals surface area contributed by atoms with Crippen LogP contribution in [0.15, 0.2) is 30.3 Å². The van der Waals surface area contributed by atoms with Crippen LogP contribution in [-0.4, -0.2) is 46.1 Å². The Balaban J connectivity index is 1.71. The molecule has 2 aliphatic heterocycles. The average Bonchev–Trinajstić information content (AvgIpc) is 3.02. The van der Waals surface area contributed by atoms with Crippen LogP contribution >= 0.6 is 11.8 Å². The van der Waals surface area contributed by atoms with Gasteiger partial charge in [0.25, 0.3) is 5.24 Å². The van der Waals surface area contributed by atoms with Crippen molar-refractivity contribution in [2.75, 3.05) is 5.75 Å². The zero-order valence-corrected chi connectivity index (χ0v) is 14.3. The van der Waals surface area contributed by atoms with Gasteiger partial charge in [-0.25, -0.2) is 4.79 Å². The minimum Gasteiger partial charge on any atom is -0.458 e. The summed E-state index contributed by atoms with van der Waals surface area (Å²) < 4.78 is 11.4. The lowest BCUT2D eigenvalue weighted by Gasteiger charge is -2.43. The highest BCUT2D eigenvalue weighted by atomic mass is 32.2. The van der Waals surface area contributed by atoms with Crippen molar-refractivity contribution >= 4 is 23.0 Å². The molecule has 130 valence electrons. The summed E-state index contributed by atoms with van der Waals surface area (Å²) in [4.78, 5) is 23.7. The van der Waals surface area contributed by atoms with Crippen molar-refractivity contribution in [3.8, 4) is 0 Å². The molecule has 0 spiro atoms. The summed E-state index contributed by atoms with van der Waals surface area (Å²) in [7, 11) is 0. The number of carbonyl (C=O) groups excluding carboxylic acids is 2. The molecule has 2 N–H and O–H groups in total. The normalized spacial score (nSPS) is 33.1. The summed E-state index contributed by atoms with van der Waals surface area (Å²) in [5, 5.41) is 13.5. The summed E-state index contributed by atoms with van der Waals surface area (Å²) in [5.41, 5.74) is 0.477. The van der Waals surface area contributed by atoms with E-state index in [4.69, 9.17) is 9.47 Å². The van der Waals surface area contributed by atoms with Crippen molar-refractivity contribution in [2.24, 2.45) is 0 Å². The minimum atomic E-state index is -1.51. The van der Waals surface area contributed by atoms with Crippen molar-refractivity contribution < 1.29 is 24.2 Å². The van der Waals surface area contributed by atoms with E-state index in [1.54, 1.807) is 24.3 Å². The highest BCUT2D eigenvalue weighted by Gasteiger charge is 2.49. The third kappa shape index (κ3) is 3.74. The summed E-state index contributed by atoms with van der Waals surface area (Å²) in [6.07, 6.45) is 0.692. The molecule has 2 saturated heterocycles. The van der Waals surface area contributed by atoms with Crippen molar-refractivity contribution in [3.05, 3.63) is 35.9 Å². The van der Waals surface area contributed by atoms with Crippen LogP contribution in [0.3, 0.4) is 0 Å². The predicted octanol–water partition coefficient (Wildman–Crippen LogP) is 2.31. The number of hydrogen-bond donors (Lipinski definition) is 2. The fourth-order valence-electron chi connectivity index (χ4n) is 3.07. The van der Waals surface area contributed by atoms with Crippen molar-refractivity contribution in [1.82, 2.24) is 5.32 Å². The SMILES string of the molecule is CCC1C[C@@H](OC(=O)c2ccccc2)C[C@](O)([C@@H]2CSC(=O)N2)O1. The number of carbonyl (C=O) groups is 2. The van der Waals surface area contributed by atoms with Gasteiger partial charge in [0.1, 0.15) is 6.10 Å². The highest BCUT2D eigenvalue weighted by molar-refractivity contribution is 8.14. The first kappa shape index (κ1) is 17.3. The van der Waals surface area contributed by atoms with Gasteiger partial charge in [0.2, 0.25) is 0 Å². The highest BCUT2D eigenvalue weighted by Crippen LogP contribution is 2.36. The molecule has 2 heterocycles. The number of ether oxygens (including phenoxy) is 2. The van der Waals surface area contributed by atoms with E-state index in [0.29, 0.717) is 24.2 Å². The molecule has 7 heteroatoms. The number of benzene rings is 1. The van der Waals surface area contributed by atoms with E-state index in [-0.39, 0.29) is 17.8 Å². The van der Waals surface area contributed by atoms with Crippen LogP contribution in [0, 0.1) is 0 Å². The molecule has 0 radical (unpaired) electrons. The number of esters is 1. The minimum absolute atomic E-state index is 0.146. The monoisotopic (exact) mass is 351 g/mol. The van der Waals surface area contributed by atoms with Gasteiger partial charge in [-0.1, -0.05) is 36.9 Å². The van der Waals surface area contributed by atoms with Gasteiger partial charge in [0.05, 0.1) is 17.7 Å². The van der Waals surface area contributed by atoms with Gasteiger partial charge in [0, 0.05) is 18.6 Å². The number of amides is 1. The second-order valence-corrected chi connectivity index (χ2v) is 7.11. The molecule has 6 nitrogen and oxygen atoms in total. The topological polar surface area (TPSA) is 84.9 Å². The molecular weight excluding hydrogens is 330 g/mol. The molecule has 2 aliphatic rings. The number of thioether (sulfide) groups is 1. The summed E-state index contributed by atoms with van der Waals surface area (Å²) in [6.45, 7) is 1.95. The van der Waals surface area contributed by atoms with Crippen LogP contribution in [0.4, 0.5) is 4.79 Å². The van der Waals surface area contributed by atoms with Crippen LogP contribution < -0.4 is 5.32 Å². The Bertz CT molecular complexity index is 610. The Hall–Kier alpha value is -1.57. The smallest absolute Gasteiger partial charge is 0.338 e. The molecule has 4 atom stereocenters. The summed E-state index contributed by atoms with van der Waals surface area (Å²) in [5.74, 6) is -1.49. The maximum atomic E-state index is 12.3. The largest absolute Gasteiger partial charge is 0.458 e. The lowest BCUT2D eigenvalue weighted by molar-refractivity contribution is -0.281. The zero-order valence-electron chi connectivity index (χ0n) is 13.4. The molecule has 1 aromatic carbocycles. The lowest BCUT2D eigenvalue weighted by atomic mass is 9.92. The average molecular weight is 351 g/mol. The number of hydrogen-bond acceptors (Lipinski definition) is 6. The third-order valence-corrected chi connectivity index (χ3v) is 5.25. The number of rotatable bonds is 4. The second kappa shape index (κ2) is 7.13. The maximum absolute atomic E-state index is 12.3. The number of aliphatic hydroxyl groups is 1. The van der Waals surface area contributed by atoms with Gasteiger partial charge in [-0.15, -0.1) is 0 Å². The molecule has 1 aromatic rings. The first-order chi connectivity index (χ1) is 11.5. The van der Waals surface area contributed by atoms with Gasteiger partial charge in [-0.3, -0.25) is 4.79 Å². The van der Waals surface area contributed by atoms with Crippen molar-refractivity contribution in [3.63, 3.8) is 0 Å². The van der Waals surface area contributed by atoms with Crippen LogP contribution in [0.25, 0.3) is 0 Å². The Morgan fingerprint density at radius 2 is 2.21 bits per heavy atom. The van der Waals surface area contributed by atoms with Gasteiger partial charge in [0.15, 0.2) is 5.79 Å². The standard InChI is InChI=1S/C17H21NO5S/c1-2-12-8-13(22-15(19)11-6-4-3-5-7-11)9-17(21,23-12)14-10-24-16(20)18-14/h3-7,12-14,21H,2,8-10H2,1H3,(H,18,20)/t12?,13-,14+,17-/m1/s1. The zero-order chi connectivity index (χ0) is 17.2. The molecule has 1 unspecified atom stereocenters.